The van der Waals surface area contributed by atoms with Gasteiger partial charge in [-0.2, -0.15) is 0 Å². The first-order valence-electron chi connectivity index (χ1n) is 12.4. The van der Waals surface area contributed by atoms with E-state index in [1.165, 1.54) is 36.6 Å². The highest BCUT2D eigenvalue weighted by atomic mass is 16.5. The Kier molecular flexibility index (Phi) is 7.08. The van der Waals surface area contributed by atoms with Gasteiger partial charge in [-0.05, 0) is 60.7 Å². The van der Waals surface area contributed by atoms with Crippen molar-refractivity contribution >= 4 is 5.97 Å². The van der Waals surface area contributed by atoms with Crippen molar-refractivity contribution in [1.29, 1.82) is 0 Å². The molecule has 2 aliphatic heterocycles. The molecular weight excluding hydrogens is 420 g/mol. The molecule has 4 nitrogen and oxygen atoms in total. The molecule has 0 aliphatic carbocycles. The van der Waals surface area contributed by atoms with Gasteiger partial charge in [0, 0.05) is 31.6 Å². The molecule has 3 aromatic carbocycles. The molecule has 0 unspecified atom stereocenters. The van der Waals surface area contributed by atoms with Crippen LogP contribution in [0.2, 0.25) is 0 Å². The molecule has 2 heterocycles. The quantitative estimate of drug-likeness (QED) is 0.472. The van der Waals surface area contributed by atoms with E-state index in [1.54, 1.807) is 0 Å². The first-order valence-corrected chi connectivity index (χ1v) is 12.4. The Bertz CT molecular complexity index is 1080. The van der Waals surface area contributed by atoms with E-state index < -0.39 is 0 Å². The van der Waals surface area contributed by atoms with Crippen LogP contribution < -0.4 is 0 Å². The van der Waals surface area contributed by atoms with Gasteiger partial charge in [-0.25, -0.2) is 4.79 Å². The van der Waals surface area contributed by atoms with E-state index in [4.69, 9.17) is 4.74 Å². The number of nitrogens with zero attached hydrogens (tertiary/aromatic N) is 2. The normalized spacial score (nSPS) is 22.0. The van der Waals surface area contributed by atoms with Crippen molar-refractivity contribution in [3.05, 3.63) is 107 Å². The summed E-state index contributed by atoms with van der Waals surface area (Å²) in [6.07, 6.45) is 2.40. The average molecular weight is 455 g/mol. The topological polar surface area (TPSA) is 32.8 Å². The van der Waals surface area contributed by atoms with Gasteiger partial charge < -0.3 is 4.74 Å². The van der Waals surface area contributed by atoms with Crippen molar-refractivity contribution < 1.29 is 9.53 Å². The molecule has 0 N–H and O–H groups in total. The zero-order valence-electron chi connectivity index (χ0n) is 20.0. The van der Waals surface area contributed by atoms with Crippen LogP contribution in [0.4, 0.5) is 0 Å². The van der Waals surface area contributed by atoms with E-state index in [0.29, 0.717) is 23.4 Å². The second-order valence-electron chi connectivity index (χ2n) is 9.69. The lowest BCUT2D eigenvalue weighted by Gasteiger charge is -2.38. The van der Waals surface area contributed by atoms with E-state index in [0.717, 1.165) is 32.7 Å². The predicted octanol–water partition coefficient (Wildman–Crippen LogP) is 5.32. The number of likely N-dealkylation sites (tertiary alicyclic amines) is 2. The Morgan fingerprint density at radius 3 is 2.24 bits per heavy atom. The maximum Gasteiger partial charge on any atom is 0.337 e. The van der Waals surface area contributed by atoms with Gasteiger partial charge in [-0.1, -0.05) is 72.8 Å². The van der Waals surface area contributed by atoms with Crippen LogP contribution in [0.3, 0.4) is 0 Å². The van der Waals surface area contributed by atoms with Gasteiger partial charge >= 0.3 is 5.97 Å². The molecule has 0 amide bonds. The van der Waals surface area contributed by atoms with E-state index in [9.17, 15) is 4.79 Å². The third kappa shape index (κ3) is 5.08. The minimum Gasteiger partial charge on any atom is -0.465 e. The highest BCUT2D eigenvalue weighted by molar-refractivity contribution is 5.89. The number of methoxy groups -OCH3 is 1. The predicted molar refractivity (Wildman–Crippen MR) is 136 cm³/mol. The molecular formula is C30H34N2O2. The minimum atomic E-state index is -0.263. The van der Waals surface area contributed by atoms with E-state index >= 15 is 0 Å². The fourth-order valence-electron chi connectivity index (χ4n) is 5.84. The lowest BCUT2D eigenvalue weighted by Crippen LogP contribution is -2.44. The summed E-state index contributed by atoms with van der Waals surface area (Å²) in [7, 11) is 1.45. The fourth-order valence-corrected chi connectivity index (χ4v) is 5.84. The molecule has 176 valence electrons. The molecule has 2 saturated heterocycles. The number of carbonyl (C=O) groups excluding carboxylic acids is 1. The molecule has 0 saturated carbocycles. The summed E-state index contributed by atoms with van der Waals surface area (Å²) in [5.74, 6) is 0.767. The monoisotopic (exact) mass is 454 g/mol. The summed E-state index contributed by atoms with van der Waals surface area (Å²) in [5, 5.41) is 0. The third-order valence-corrected chi connectivity index (χ3v) is 7.62. The van der Waals surface area contributed by atoms with Crippen LogP contribution in [0.5, 0.6) is 0 Å². The number of rotatable bonds is 6. The molecule has 0 bridgehead atoms. The maximum absolute atomic E-state index is 12.2. The second-order valence-corrected chi connectivity index (χ2v) is 9.69. The number of esters is 1. The summed E-state index contributed by atoms with van der Waals surface area (Å²) in [6.45, 7) is 5.26. The molecule has 4 heteroatoms. The Morgan fingerprint density at radius 1 is 0.853 bits per heavy atom. The van der Waals surface area contributed by atoms with Crippen molar-refractivity contribution in [2.75, 3.05) is 33.3 Å². The molecule has 2 aliphatic rings. The van der Waals surface area contributed by atoms with Crippen LogP contribution in [0.1, 0.15) is 51.7 Å². The molecule has 3 aromatic rings. The zero-order valence-corrected chi connectivity index (χ0v) is 20.0. The Labute approximate surface area is 203 Å². The molecule has 0 spiro atoms. The largest absolute Gasteiger partial charge is 0.465 e. The fraction of sp³-hybridized carbons (Fsp3) is 0.367. The van der Waals surface area contributed by atoms with Crippen molar-refractivity contribution in [1.82, 2.24) is 9.80 Å². The summed E-state index contributed by atoms with van der Waals surface area (Å²) < 4.78 is 4.99. The number of ether oxygens (including phenoxy) is 1. The lowest BCUT2D eigenvalue weighted by molar-refractivity contribution is 0.0600. The molecule has 0 aromatic heterocycles. The smallest absolute Gasteiger partial charge is 0.337 e. The SMILES string of the molecule is COC(=O)c1cccc([C@@H]2CN(Cc3ccccc3)C[C@H]2N2CCC(c3ccccc3)CC2)c1. The highest BCUT2D eigenvalue weighted by Crippen LogP contribution is 2.36. The lowest BCUT2D eigenvalue weighted by atomic mass is 9.86. The molecule has 34 heavy (non-hydrogen) atoms. The minimum absolute atomic E-state index is 0.263. The highest BCUT2D eigenvalue weighted by Gasteiger charge is 2.39. The van der Waals surface area contributed by atoms with Crippen LogP contribution in [-0.4, -0.2) is 55.1 Å². The van der Waals surface area contributed by atoms with Crippen molar-refractivity contribution in [2.45, 2.75) is 37.3 Å². The molecule has 5 rings (SSSR count). The van der Waals surface area contributed by atoms with Gasteiger partial charge in [0.15, 0.2) is 0 Å². The number of piperidine rings is 1. The van der Waals surface area contributed by atoms with Gasteiger partial charge in [0.2, 0.25) is 0 Å². The Morgan fingerprint density at radius 2 is 1.53 bits per heavy atom. The second kappa shape index (κ2) is 10.5. The summed E-state index contributed by atoms with van der Waals surface area (Å²) >= 11 is 0. The Hall–Kier alpha value is -2.95. The number of carbonyl (C=O) groups is 1. The molecule has 2 atom stereocenters. The number of hydrogen-bond donors (Lipinski definition) is 0. The van der Waals surface area contributed by atoms with Gasteiger partial charge in [0.25, 0.3) is 0 Å². The molecule has 0 radical (unpaired) electrons. The van der Waals surface area contributed by atoms with Crippen molar-refractivity contribution in [3.63, 3.8) is 0 Å². The van der Waals surface area contributed by atoms with Gasteiger partial charge in [0.05, 0.1) is 12.7 Å². The van der Waals surface area contributed by atoms with Gasteiger partial charge in [-0.3, -0.25) is 9.80 Å². The first-order chi connectivity index (χ1) is 16.7. The number of hydrogen-bond acceptors (Lipinski definition) is 4. The van der Waals surface area contributed by atoms with E-state index in [1.807, 2.05) is 18.2 Å². The summed E-state index contributed by atoms with van der Waals surface area (Å²) in [6, 6.07) is 30.3. The van der Waals surface area contributed by atoms with Crippen molar-refractivity contribution in [3.8, 4) is 0 Å². The zero-order chi connectivity index (χ0) is 23.3. The summed E-state index contributed by atoms with van der Waals surface area (Å²) in [4.78, 5) is 17.5. The van der Waals surface area contributed by atoms with Crippen LogP contribution in [0.15, 0.2) is 84.9 Å². The third-order valence-electron chi connectivity index (χ3n) is 7.62. The summed E-state index contributed by atoms with van der Waals surface area (Å²) in [5.41, 5.74) is 4.71. The van der Waals surface area contributed by atoms with Crippen molar-refractivity contribution in [2.24, 2.45) is 0 Å². The standard InChI is InChI=1S/C30H34N2O2/c1-34-30(33)27-14-8-13-26(19-27)28-21-31(20-23-9-4-2-5-10-23)22-29(28)32-17-15-25(16-18-32)24-11-6-3-7-12-24/h2-14,19,25,28-29H,15-18,20-22H2,1H3/t28-,29+/m0/s1. The van der Waals surface area contributed by atoms with Gasteiger partial charge in [-0.15, -0.1) is 0 Å². The average Bonchev–Trinajstić information content (AvgIpc) is 3.33. The van der Waals surface area contributed by atoms with Crippen LogP contribution in [0.25, 0.3) is 0 Å². The first kappa shape index (κ1) is 22.8. The van der Waals surface area contributed by atoms with E-state index in [2.05, 4.69) is 76.5 Å². The van der Waals surface area contributed by atoms with Gasteiger partial charge in [0.1, 0.15) is 0 Å². The van der Waals surface area contributed by atoms with E-state index in [-0.39, 0.29) is 5.97 Å². The Balaban J connectivity index is 1.35. The van der Waals surface area contributed by atoms with Crippen LogP contribution >= 0.6 is 0 Å². The maximum atomic E-state index is 12.2. The van der Waals surface area contributed by atoms with Crippen LogP contribution in [0, 0.1) is 0 Å². The molecule has 2 fully saturated rings. The number of benzene rings is 3. The van der Waals surface area contributed by atoms with Crippen LogP contribution in [-0.2, 0) is 11.3 Å².